The maximum absolute atomic E-state index is 13.5. The van der Waals surface area contributed by atoms with E-state index in [1.165, 1.54) is 0 Å². The van der Waals surface area contributed by atoms with E-state index < -0.39 is 0 Å². The lowest BCUT2D eigenvalue weighted by atomic mass is 9.98. The summed E-state index contributed by atoms with van der Waals surface area (Å²) in [6.45, 7) is 4.51. The first-order chi connectivity index (χ1) is 15.5. The maximum Gasteiger partial charge on any atom is 0.257 e. The molecule has 0 aliphatic carbocycles. The van der Waals surface area contributed by atoms with E-state index in [0.29, 0.717) is 24.2 Å². The molecule has 0 spiro atoms. The van der Waals surface area contributed by atoms with Gasteiger partial charge in [-0.05, 0) is 25.6 Å². The zero-order valence-electron chi connectivity index (χ0n) is 18.6. The minimum absolute atomic E-state index is 0.00451. The number of piperazine rings is 1. The molecule has 1 aromatic carbocycles. The summed E-state index contributed by atoms with van der Waals surface area (Å²) in [6.07, 6.45) is 4.19. The van der Waals surface area contributed by atoms with Crippen molar-refractivity contribution in [3.05, 3.63) is 59.5 Å². The number of para-hydroxylation sites is 1. The summed E-state index contributed by atoms with van der Waals surface area (Å²) in [6, 6.07) is 9.81. The van der Waals surface area contributed by atoms with E-state index in [4.69, 9.17) is 4.98 Å². The number of amides is 2. The van der Waals surface area contributed by atoms with Crippen molar-refractivity contribution in [2.45, 2.75) is 12.3 Å². The molecule has 0 saturated carbocycles. The molecule has 0 N–H and O–H groups in total. The number of carbonyl (C=O) groups is 2. The first-order valence-corrected chi connectivity index (χ1v) is 11.1. The molecule has 0 bridgehead atoms. The van der Waals surface area contributed by atoms with E-state index in [1.807, 2.05) is 47.2 Å². The molecule has 2 aliphatic heterocycles. The second-order valence-electron chi connectivity index (χ2n) is 8.85. The Labute approximate surface area is 187 Å². The standard InChI is InChI=1S/C24H28N6O2/c1-27-9-11-29(12-10-27)24(32)20-13-22(26-21-6-4-3-5-19(20)21)17-7-8-30(16-17)23(31)18-14-25-28(2)15-18/h3-6,13-15,17H,7-12,16H2,1-2H3. The molecule has 5 rings (SSSR count). The van der Waals surface area contributed by atoms with Crippen LogP contribution in [0.15, 0.2) is 42.7 Å². The number of fused-ring (bicyclic) bond motifs is 1. The van der Waals surface area contributed by atoms with Crippen molar-refractivity contribution in [2.75, 3.05) is 46.3 Å². The number of carbonyl (C=O) groups excluding carboxylic acids is 2. The summed E-state index contributed by atoms with van der Waals surface area (Å²) in [5.74, 6) is 0.175. The molecule has 2 aromatic heterocycles. The van der Waals surface area contributed by atoms with Gasteiger partial charge in [-0.25, -0.2) is 0 Å². The van der Waals surface area contributed by atoms with Gasteiger partial charge in [0, 0.05) is 69.5 Å². The van der Waals surface area contributed by atoms with Gasteiger partial charge >= 0.3 is 0 Å². The largest absolute Gasteiger partial charge is 0.338 e. The Bertz CT molecular complexity index is 1160. The molecule has 2 saturated heterocycles. The molecule has 3 aromatic rings. The summed E-state index contributed by atoms with van der Waals surface area (Å²) in [7, 11) is 3.89. The fraction of sp³-hybridized carbons (Fsp3) is 0.417. The number of aryl methyl sites for hydroxylation is 1. The van der Waals surface area contributed by atoms with Crippen LogP contribution in [0.3, 0.4) is 0 Å². The molecule has 2 aliphatic rings. The molecule has 1 atom stereocenters. The fourth-order valence-electron chi connectivity index (χ4n) is 4.66. The fourth-order valence-corrected chi connectivity index (χ4v) is 4.66. The number of pyridine rings is 1. The average Bonchev–Trinajstić information content (AvgIpc) is 3.47. The Balaban J connectivity index is 1.42. The maximum atomic E-state index is 13.5. The van der Waals surface area contributed by atoms with Crippen molar-refractivity contribution in [1.29, 1.82) is 0 Å². The normalized spacial score (nSPS) is 19.6. The van der Waals surface area contributed by atoms with E-state index in [-0.39, 0.29) is 17.7 Å². The predicted octanol–water partition coefficient (Wildman–Crippen LogP) is 1.99. The van der Waals surface area contributed by atoms with E-state index in [2.05, 4.69) is 17.0 Å². The highest BCUT2D eigenvalue weighted by Gasteiger charge is 2.31. The van der Waals surface area contributed by atoms with Gasteiger partial charge in [0.15, 0.2) is 0 Å². The highest BCUT2D eigenvalue weighted by atomic mass is 16.2. The van der Waals surface area contributed by atoms with Crippen molar-refractivity contribution in [1.82, 2.24) is 29.5 Å². The highest BCUT2D eigenvalue weighted by molar-refractivity contribution is 6.06. The molecule has 2 fully saturated rings. The third kappa shape index (κ3) is 3.86. The van der Waals surface area contributed by atoms with Crippen LogP contribution in [0, 0.1) is 0 Å². The zero-order valence-corrected chi connectivity index (χ0v) is 18.6. The van der Waals surface area contributed by atoms with Crippen molar-refractivity contribution in [3.8, 4) is 0 Å². The lowest BCUT2D eigenvalue weighted by Crippen LogP contribution is -2.47. The van der Waals surface area contributed by atoms with E-state index in [0.717, 1.165) is 49.2 Å². The van der Waals surface area contributed by atoms with Crippen molar-refractivity contribution < 1.29 is 9.59 Å². The third-order valence-electron chi connectivity index (χ3n) is 6.60. The summed E-state index contributed by atoms with van der Waals surface area (Å²) in [5, 5.41) is 5.00. The first-order valence-electron chi connectivity index (χ1n) is 11.1. The molecule has 0 radical (unpaired) electrons. The Hall–Kier alpha value is -3.26. The molecule has 4 heterocycles. The SMILES string of the molecule is CN1CCN(C(=O)c2cc(C3CCN(C(=O)c4cnn(C)c4)C3)nc3ccccc23)CC1. The van der Waals surface area contributed by atoms with Gasteiger partial charge in [0.05, 0.1) is 22.8 Å². The monoisotopic (exact) mass is 432 g/mol. The van der Waals surface area contributed by atoms with Crippen LogP contribution >= 0.6 is 0 Å². The van der Waals surface area contributed by atoms with Crippen LogP contribution < -0.4 is 0 Å². The van der Waals surface area contributed by atoms with Gasteiger partial charge in [0.2, 0.25) is 0 Å². The number of likely N-dealkylation sites (tertiary alicyclic amines) is 1. The Kier molecular flexibility index (Phi) is 5.38. The van der Waals surface area contributed by atoms with Crippen LogP contribution in [0.2, 0.25) is 0 Å². The molecular formula is C24H28N6O2. The number of rotatable bonds is 3. The number of nitrogens with zero attached hydrogens (tertiary/aromatic N) is 6. The van der Waals surface area contributed by atoms with Crippen LogP contribution in [0.5, 0.6) is 0 Å². The summed E-state index contributed by atoms with van der Waals surface area (Å²) in [4.78, 5) is 37.2. The Morgan fingerprint density at radius 2 is 1.75 bits per heavy atom. The number of likely N-dealkylation sites (N-methyl/N-ethyl adjacent to an activating group) is 1. The molecule has 8 heteroatoms. The minimum atomic E-state index is -0.00451. The van der Waals surface area contributed by atoms with Crippen LogP contribution in [-0.4, -0.2) is 87.6 Å². The molecule has 166 valence electrons. The van der Waals surface area contributed by atoms with Gasteiger partial charge in [-0.15, -0.1) is 0 Å². The van der Waals surface area contributed by atoms with Crippen molar-refractivity contribution in [2.24, 2.45) is 7.05 Å². The van der Waals surface area contributed by atoms with Crippen LogP contribution in [0.1, 0.15) is 38.7 Å². The lowest BCUT2D eigenvalue weighted by molar-refractivity contribution is 0.0665. The van der Waals surface area contributed by atoms with Gasteiger partial charge in [-0.2, -0.15) is 5.10 Å². The number of hydrogen-bond acceptors (Lipinski definition) is 5. The zero-order chi connectivity index (χ0) is 22.2. The topological polar surface area (TPSA) is 74.6 Å². The predicted molar refractivity (Wildman–Crippen MR) is 122 cm³/mol. The second kappa shape index (κ2) is 8.35. The number of benzene rings is 1. The van der Waals surface area contributed by atoms with E-state index in [9.17, 15) is 9.59 Å². The van der Waals surface area contributed by atoms with Gasteiger partial charge in [-0.3, -0.25) is 19.3 Å². The van der Waals surface area contributed by atoms with Gasteiger partial charge in [0.1, 0.15) is 0 Å². The Morgan fingerprint density at radius 1 is 0.969 bits per heavy atom. The van der Waals surface area contributed by atoms with Gasteiger partial charge in [-0.1, -0.05) is 18.2 Å². The number of aromatic nitrogens is 3. The van der Waals surface area contributed by atoms with Crippen molar-refractivity contribution in [3.63, 3.8) is 0 Å². The van der Waals surface area contributed by atoms with Crippen LogP contribution in [0.4, 0.5) is 0 Å². The van der Waals surface area contributed by atoms with Crippen LogP contribution in [-0.2, 0) is 7.05 Å². The summed E-state index contributed by atoms with van der Waals surface area (Å²) >= 11 is 0. The minimum Gasteiger partial charge on any atom is -0.338 e. The van der Waals surface area contributed by atoms with E-state index in [1.54, 1.807) is 17.1 Å². The lowest BCUT2D eigenvalue weighted by Gasteiger charge is -2.32. The van der Waals surface area contributed by atoms with Gasteiger partial charge < -0.3 is 14.7 Å². The average molecular weight is 433 g/mol. The molecule has 8 nitrogen and oxygen atoms in total. The molecule has 1 unspecified atom stereocenters. The third-order valence-corrected chi connectivity index (χ3v) is 6.60. The molecule has 32 heavy (non-hydrogen) atoms. The van der Waals surface area contributed by atoms with Gasteiger partial charge in [0.25, 0.3) is 11.8 Å². The summed E-state index contributed by atoms with van der Waals surface area (Å²) in [5.41, 5.74) is 3.04. The smallest absolute Gasteiger partial charge is 0.257 e. The summed E-state index contributed by atoms with van der Waals surface area (Å²) < 4.78 is 1.64. The van der Waals surface area contributed by atoms with Crippen LogP contribution in [0.25, 0.3) is 10.9 Å². The quantitative estimate of drug-likeness (QED) is 0.633. The second-order valence-corrected chi connectivity index (χ2v) is 8.85. The first kappa shape index (κ1) is 20.6. The number of hydrogen-bond donors (Lipinski definition) is 0. The van der Waals surface area contributed by atoms with Crippen molar-refractivity contribution >= 4 is 22.7 Å². The molecule has 2 amide bonds. The van der Waals surface area contributed by atoms with E-state index >= 15 is 0 Å². The highest BCUT2D eigenvalue weighted by Crippen LogP contribution is 2.30. The molecular weight excluding hydrogens is 404 g/mol. The Morgan fingerprint density at radius 3 is 2.50 bits per heavy atom.